The van der Waals surface area contributed by atoms with Gasteiger partial charge in [0.2, 0.25) is 0 Å². The largest absolute Gasteiger partial charge is 0.484 e. The number of para-hydroxylation sites is 1. The lowest BCUT2D eigenvalue weighted by Crippen LogP contribution is -2.24. The van der Waals surface area contributed by atoms with E-state index in [4.69, 9.17) is 9.26 Å². The zero-order chi connectivity index (χ0) is 18.8. The van der Waals surface area contributed by atoms with Gasteiger partial charge in [0.25, 0.3) is 11.4 Å². The van der Waals surface area contributed by atoms with Crippen LogP contribution in [0.1, 0.15) is 23.1 Å². The number of aromatic nitrogens is 4. The zero-order valence-electron chi connectivity index (χ0n) is 15.0. The highest BCUT2D eigenvalue weighted by atomic mass is 16.5. The van der Waals surface area contributed by atoms with Gasteiger partial charge in [0.05, 0.1) is 17.4 Å². The maximum Gasteiger partial charge on any atom is 0.264 e. The van der Waals surface area contributed by atoms with Gasteiger partial charge in [0.15, 0.2) is 12.4 Å². The van der Waals surface area contributed by atoms with Crippen molar-refractivity contribution in [2.75, 3.05) is 0 Å². The summed E-state index contributed by atoms with van der Waals surface area (Å²) in [6, 6.07) is 15.0. The first-order valence-electron chi connectivity index (χ1n) is 8.57. The van der Waals surface area contributed by atoms with Crippen molar-refractivity contribution in [3.63, 3.8) is 0 Å². The average Bonchev–Trinajstić information content (AvgIpc) is 3.11. The number of hydrogen-bond donors (Lipinski definition) is 0. The first-order chi connectivity index (χ1) is 13.1. The number of hydrogen-bond acceptors (Lipinski definition) is 6. The molecule has 0 aliphatic heterocycles. The fraction of sp³-hybridized carbons (Fsp3) is 0.200. The molecular weight excluding hydrogens is 344 g/mol. The third-order valence-corrected chi connectivity index (χ3v) is 4.21. The topological polar surface area (TPSA) is 83.0 Å². The summed E-state index contributed by atoms with van der Waals surface area (Å²) in [5.41, 5.74) is 1.66. The van der Waals surface area contributed by atoms with Crippen molar-refractivity contribution in [2.24, 2.45) is 0 Å². The third kappa shape index (κ3) is 3.57. The Kier molecular flexibility index (Phi) is 4.42. The van der Waals surface area contributed by atoms with Crippen LogP contribution in [0.3, 0.4) is 0 Å². The molecule has 2 aromatic heterocycles. The normalized spacial score (nSPS) is 11.0. The number of rotatable bonds is 5. The molecule has 0 atom stereocenters. The molecule has 0 saturated heterocycles. The van der Waals surface area contributed by atoms with Crippen LogP contribution in [0.15, 0.2) is 57.8 Å². The van der Waals surface area contributed by atoms with E-state index >= 15 is 0 Å². The molecule has 7 heteroatoms. The van der Waals surface area contributed by atoms with Crippen molar-refractivity contribution in [3.05, 3.63) is 82.0 Å². The molecule has 4 rings (SSSR count). The van der Waals surface area contributed by atoms with Gasteiger partial charge in [-0.1, -0.05) is 29.4 Å². The molecular formula is C20H18N4O3. The van der Waals surface area contributed by atoms with Gasteiger partial charge < -0.3 is 9.26 Å². The van der Waals surface area contributed by atoms with Crippen LogP contribution in [0.2, 0.25) is 0 Å². The summed E-state index contributed by atoms with van der Waals surface area (Å²) >= 11 is 0. The molecule has 0 unspecified atom stereocenters. The minimum absolute atomic E-state index is 0.125. The second-order valence-corrected chi connectivity index (χ2v) is 6.28. The molecule has 0 spiro atoms. The third-order valence-electron chi connectivity index (χ3n) is 4.21. The highest BCUT2D eigenvalue weighted by Crippen LogP contribution is 2.14. The maximum absolute atomic E-state index is 12.7. The van der Waals surface area contributed by atoms with Gasteiger partial charge in [-0.25, -0.2) is 4.98 Å². The van der Waals surface area contributed by atoms with E-state index in [9.17, 15) is 4.79 Å². The van der Waals surface area contributed by atoms with Crippen molar-refractivity contribution >= 4 is 10.9 Å². The molecule has 0 saturated carbocycles. The number of nitrogens with zero attached hydrogens (tertiary/aromatic N) is 4. The van der Waals surface area contributed by atoms with Crippen LogP contribution in [-0.2, 0) is 13.2 Å². The number of fused-ring (bicyclic) bond motifs is 1. The molecule has 0 aliphatic carbocycles. The molecule has 2 heterocycles. The van der Waals surface area contributed by atoms with Gasteiger partial charge in [0, 0.05) is 0 Å². The second-order valence-electron chi connectivity index (χ2n) is 6.28. The van der Waals surface area contributed by atoms with Crippen LogP contribution in [0, 0.1) is 13.8 Å². The first-order valence-corrected chi connectivity index (χ1v) is 8.57. The Morgan fingerprint density at radius 1 is 1.07 bits per heavy atom. The summed E-state index contributed by atoms with van der Waals surface area (Å²) in [7, 11) is 0. The molecule has 4 aromatic rings. The molecule has 0 bridgehead atoms. The van der Waals surface area contributed by atoms with Gasteiger partial charge in [-0.05, 0) is 43.7 Å². The summed E-state index contributed by atoms with van der Waals surface area (Å²) in [6.07, 6.45) is 0. The Labute approximate surface area is 155 Å². The zero-order valence-corrected chi connectivity index (χ0v) is 15.0. The highest BCUT2D eigenvalue weighted by Gasteiger charge is 2.12. The van der Waals surface area contributed by atoms with E-state index in [0.717, 1.165) is 11.3 Å². The summed E-state index contributed by atoms with van der Waals surface area (Å²) in [6.45, 7) is 4.14. The lowest BCUT2D eigenvalue weighted by Gasteiger charge is -2.08. The minimum atomic E-state index is -0.125. The SMILES string of the molecule is Cc1cccc(OCc2nc(Cn3c(C)nc4ccccc4c3=O)no2)c1. The molecule has 2 aromatic carbocycles. The van der Waals surface area contributed by atoms with Gasteiger partial charge in [-0.3, -0.25) is 9.36 Å². The van der Waals surface area contributed by atoms with Crippen LogP contribution in [0.25, 0.3) is 10.9 Å². The molecule has 7 nitrogen and oxygen atoms in total. The predicted octanol–water partition coefficient (Wildman–Crippen LogP) is 3.02. The summed E-state index contributed by atoms with van der Waals surface area (Å²) < 4.78 is 12.4. The molecule has 0 N–H and O–H groups in total. The van der Waals surface area contributed by atoms with Gasteiger partial charge in [-0.15, -0.1) is 0 Å². The quantitative estimate of drug-likeness (QED) is 0.543. The van der Waals surface area contributed by atoms with Crippen molar-refractivity contribution < 1.29 is 9.26 Å². The number of ether oxygens (including phenoxy) is 1. The Hall–Kier alpha value is -3.48. The molecule has 0 radical (unpaired) electrons. The summed E-state index contributed by atoms with van der Waals surface area (Å²) in [5, 5.41) is 4.51. The Morgan fingerprint density at radius 3 is 2.78 bits per heavy atom. The van der Waals surface area contributed by atoms with Crippen LogP contribution in [0.4, 0.5) is 0 Å². The molecule has 0 aliphatic rings. The van der Waals surface area contributed by atoms with E-state index in [0.29, 0.717) is 28.4 Å². The fourth-order valence-electron chi connectivity index (χ4n) is 2.87. The van der Waals surface area contributed by atoms with Crippen LogP contribution >= 0.6 is 0 Å². The second kappa shape index (κ2) is 7.03. The van der Waals surface area contributed by atoms with Crippen molar-refractivity contribution in [1.29, 1.82) is 0 Å². The maximum atomic E-state index is 12.7. The van der Waals surface area contributed by atoms with Crippen molar-refractivity contribution in [3.8, 4) is 5.75 Å². The van der Waals surface area contributed by atoms with E-state index < -0.39 is 0 Å². The molecule has 136 valence electrons. The van der Waals surface area contributed by atoms with Gasteiger partial charge in [0.1, 0.15) is 11.6 Å². The Bertz CT molecular complexity index is 1160. The van der Waals surface area contributed by atoms with Gasteiger partial charge in [-0.2, -0.15) is 4.98 Å². The van der Waals surface area contributed by atoms with Crippen molar-refractivity contribution in [1.82, 2.24) is 19.7 Å². The molecule has 0 fully saturated rings. The first kappa shape index (κ1) is 17.0. The Balaban J connectivity index is 1.53. The van der Waals surface area contributed by atoms with E-state index in [-0.39, 0.29) is 18.7 Å². The van der Waals surface area contributed by atoms with Crippen LogP contribution < -0.4 is 10.3 Å². The number of aryl methyl sites for hydroxylation is 2. The summed E-state index contributed by atoms with van der Waals surface area (Å²) in [5.74, 6) is 2.09. The van der Waals surface area contributed by atoms with Gasteiger partial charge >= 0.3 is 0 Å². The van der Waals surface area contributed by atoms with E-state index in [1.165, 1.54) is 0 Å². The average molecular weight is 362 g/mol. The van der Waals surface area contributed by atoms with E-state index in [2.05, 4.69) is 15.1 Å². The summed E-state index contributed by atoms with van der Waals surface area (Å²) in [4.78, 5) is 21.5. The lowest BCUT2D eigenvalue weighted by atomic mass is 10.2. The number of benzene rings is 2. The smallest absolute Gasteiger partial charge is 0.264 e. The Morgan fingerprint density at radius 2 is 1.93 bits per heavy atom. The monoisotopic (exact) mass is 362 g/mol. The predicted molar refractivity (Wildman–Crippen MR) is 99.7 cm³/mol. The highest BCUT2D eigenvalue weighted by molar-refractivity contribution is 5.77. The lowest BCUT2D eigenvalue weighted by molar-refractivity contribution is 0.242. The van der Waals surface area contributed by atoms with Crippen LogP contribution in [-0.4, -0.2) is 19.7 Å². The standard InChI is InChI=1S/C20H18N4O3/c1-13-6-5-7-15(10-13)26-12-19-22-18(23-27-19)11-24-14(2)21-17-9-4-3-8-16(17)20(24)25/h3-10H,11-12H2,1-2H3. The van der Waals surface area contributed by atoms with Crippen molar-refractivity contribution in [2.45, 2.75) is 27.0 Å². The van der Waals surface area contributed by atoms with E-state index in [1.807, 2.05) is 49.4 Å². The minimum Gasteiger partial charge on any atom is -0.484 e. The fourth-order valence-corrected chi connectivity index (χ4v) is 2.87. The van der Waals surface area contributed by atoms with E-state index in [1.54, 1.807) is 17.6 Å². The molecule has 27 heavy (non-hydrogen) atoms. The van der Waals surface area contributed by atoms with Crippen LogP contribution in [0.5, 0.6) is 5.75 Å². The molecule has 0 amide bonds.